The van der Waals surface area contributed by atoms with E-state index < -0.39 is 28.5 Å². The van der Waals surface area contributed by atoms with Gasteiger partial charge in [-0.15, -0.1) is 0 Å². The predicted octanol–water partition coefficient (Wildman–Crippen LogP) is 4.12. The molecule has 0 spiro atoms. The Hall–Kier alpha value is -2.81. The summed E-state index contributed by atoms with van der Waals surface area (Å²) in [5, 5.41) is 22.7. The molecule has 0 aliphatic rings. The molecular formula is C16H15F3N2O4. The summed E-state index contributed by atoms with van der Waals surface area (Å²) in [6.07, 6.45) is -5.05. The maximum Gasteiger partial charge on any atom is 0.416 e. The van der Waals surface area contributed by atoms with Crippen molar-refractivity contribution in [2.24, 2.45) is 0 Å². The number of alkyl halides is 3. The lowest BCUT2D eigenvalue weighted by Crippen LogP contribution is -2.16. The Morgan fingerprint density at radius 1 is 1.24 bits per heavy atom. The number of hydrogen-bond acceptors (Lipinski definition) is 5. The lowest BCUT2D eigenvalue weighted by molar-refractivity contribution is -0.384. The first kappa shape index (κ1) is 18.5. The molecule has 2 rings (SSSR count). The van der Waals surface area contributed by atoms with Crippen LogP contribution in [0.3, 0.4) is 0 Å². The number of aliphatic hydroxyl groups excluding tert-OH is 1. The highest BCUT2D eigenvalue weighted by Crippen LogP contribution is 2.36. The van der Waals surface area contributed by atoms with E-state index in [0.717, 1.165) is 12.1 Å². The number of aliphatic hydroxyl groups is 1. The topological polar surface area (TPSA) is 84.6 Å². The van der Waals surface area contributed by atoms with Crippen molar-refractivity contribution in [3.8, 4) is 5.75 Å². The summed E-state index contributed by atoms with van der Waals surface area (Å²) in [5.41, 5.74) is -1.39. The summed E-state index contributed by atoms with van der Waals surface area (Å²) in [6.45, 7) is 1.52. The fraction of sp³-hybridized carbons (Fsp3) is 0.250. The Labute approximate surface area is 141 Å². The lowest BCUT2D eigenvalue weighted by Gasteiger charge is -2.13. The van der Waals surface area contributed by atoms with Crippen LogP contribution >= 0.6 is 0 Å². The van der Waals surface area contributed by atoms with E-state index >= 15 is 0 Å². The van der Waals surface area contributed by atoms with Gasteiger partial charge in [0.2, 0.25) is 0 Å². The summed E-state index contributed by atoms with van der Waals surface area (Å²) in [6, 6.07) is 8.54. The summed E-state index contributed by atoms with van der Waals surface area (Å²) < 4.78 is 43.5. The molecule has 0 amide bonds. The number of hydrogen-bond donors (Lipinski definition) is 2. The third-order valence-corrected chi connectivity index (χ3v) is 3.25. The van der Waals surface area contributed by atoms with Gasteiger partial charge in [-0.1, -0.05) is 0 Å². The second kappa shape index (κ2) is 7.39. The van der Waals surface area contributed by atoms with Crippen LogP contribution in [0.1, 0.15) is 12.5 Å². The molecule has 0 fully saturated rings. The minimum Gasteiger partial charge on any atom is -0.488 e. The molecule has 0 aliphatic heterocycles. The molecule has 6 nitrogen and oxygen atoms in total. The molecule has 0 saturated heterocycles. The zero-order valence-electron chi connectivity index (χ0n) is 13.1. The minimum atomic E-state index is -4.66. The zero-order valence-corrected chi connectivity index (χ0v) is 13.1. The molecule has 134 valence electrons. The lowest BCUT2D eigenvalue weighted by atomic mass is 10.1. The first-order chi connectivity index (χ1) is 11.7. The van der Waals surface area contributed by atoms with Crippen molar-refractivity contribution >= 4 is 17.1 Å². The van der Waals surface area contributed by atoms with Gasteiger partial charge < -0.3 is 15.2 Å². The molecule has 0 radical (unpaired) electrons. The molecule has 0 aromatic heterocycles. The molecule has 25 heavy (non-hydrogen) atoms. The number of rotatable bonds is 6. The SMILES string of the molecule is CC(CO)Oc1ccc(Nc2ccc(C(F)(F)F)cc2[N+](=O)[O-])cc1. The van der Waals surface area contributed by atoms with E-state index in [0.29, 0.717) is 17.5 Å². The average Bonchev–Trinajstić information content (AvgIpc) is 2.55. The van der Waals surface area contributed by atoms with E-state index in [1.54, 1.807) is 31.2 Å². The number of nitro benzene ring substituents is 1. The van der Waals surface area contributed by atoms with Crippen molar-refractivity contribution in [2.45, 2.75) is 19.2 Å². The van der Waals surface area contributed by atoms with Crippen molar-refractivity contribution < 1.29 is 27.9 Å². The summed E-state index contributed by atoms with van der Waals surface area (Å²) in [4.78, 5) is 10.2. The first-order valence-electron chi connectivity index (χ1n) is 7.21. The van der Waals surface area contributed by atoms with E-state index in [1.165, 1.54) is 0 Å². The van der Waals surface area contributed by atoms with Crippen LogP contribution in [-0.2, 0) is 6.18 Å². The number of halogens is 3. The van der Waals surface area contributed by atoms with Crippen LogP contribution in [0.2, 0.25) is 0 Å². The van der Waals surface area contributed by atoms with Gasteiger partial charge >= 0.3 is 6.18 Å². The number of nitrogens with one attached hydrogen (secondary N) is 1. The summed E-state index contributed by atoms with van der Waals surface area (Å²) in [5.74, 6) is 0.481. The third kappa shape index (κ3) is 4.83. The van der Waals surface area contributed by atoms with Crippen molar-refractivity contribution in [3.05, 3.63) is 58.1 Å². The molecular weight excluding hydrogens is 341 g/mol. The molecule has 0 saturated carbocycles. The van der Waals surface area contributed by atoms with E-state index in [2.05, 4.69) is 5.32 Å². The molecule has 2 aromatic rings. The van der Waals surface area contributed by atoms with Crippen LogP contribution in [0.5, 0.6) is 5.75 Å². The van der Waals surface area contributed by atoms with Crippen LogP contribution < -0.4 is 10.1 Å². The molecule has 0 aliphatic carbocycles. The Balaban J connectivity index is 2.23. The Kier molecular flexibility index (Phi) is 5.48. The second-order valence-corrected chi connectivity index (χ2v) is 5.25. The predicted molar refractivity (Wildman–Crippen MR) is 85.0 cm³/mol. The highest BCUT2D eigenvalue weighted by molar-refractivity contribution is 5.70. The largest absolute Gasteiger partial charge is 0.488 e. The monoisotopic (exact) mass is 356 g/mol. The molecule has 0 bridgehead atoms. The van der Waals surface area contributed by atoms with Gasteiger partial charge in [0.25, 0.3) is 5.69 Å². The number of nitrogens with zero attached hydrogens (tertiary/aromatic N) is 1. The van der Waals surface area contributed by atoms with Crippen molar-refractivity contribution in [1.29, 1.82) is 0 Å². The van der Waals surface area contributed by atoms with Crippen LogP contribution in [0, 0.1) is 10.1 Å². The summed E-state index contributed by atoms with van der Waals surface area (Å²) in [7, 11) is 0. The Bertz CT molecular complexity index is 748. The molecule has 1 atom stereocenters. The van der Waals surface area contributed by atoms with Crippen molar-refractivity contribution in [3.63, 3.8) is 0 Å². The van der Waals surface area contributed by atoms with Crippen LogP contribution in [0.4, 0.5) is 30.2 Å². The van der Waals surface area contributed by atoms with Gasteiger partial charge in [0.1, 0.15) is 17.5 Å². The maximum absolute atomic E-state index is 12.7. The van der Waals surface area contributed by atoms with Crippen molar-refractivity contribution in [1.82, 2.24) is 0 Å². The van der Waals surface area contributed by atoms with Crippen molar-refractivity contribution in [2.75, 3.05) is 11.9 Å². The number of nitro groups is 1. The highest BCUT2D eigenvalue weighted by atomic mass is 19.4. The van der Waals surface area contributed by atoms with Gasteiger partial charge in [0.05, 0.1) is 17.1 Å². The van der Waals surface area contributed by atoms with E-state index in [9.17, 15) is 23.3 Å². The van der Waals surface area contributed by atoms with Gasteiger partial charge in [-0.2, -0.15) is 13.2 Å². The standard InChI is InChI=1S/C16H15F3N2O4/c1-10(9-22)25-13-5-3-12(4-6-13)20-14-7-2-11(16(17,18)19)8-15(14)21(23)24/h2-8,10,20,22H,9H2,1H3. The number of anilines is 2. The highest BCUT2D eigenvalue weighted by Gasteiger charge is 2.33. The molecule has 9 heteroatoms. The van der Waals surface area contributed by atoms with Crippen LogP contribution in [-0.4, -0.2) is 22.7 Å². The molecule has 2 aromatic carbocycles. The first-order valence-corrected chi connectivity index (χ1v) is 7.21. The maximum atomic E-state index is 12.7. The normalized spacial score (nSPS) is 12.5. The van der Waals surface area contributed by atoms with Gasteiger partial charge in [-0.3, -0.25) is 10.1 Å². The average molecular weight is 356 g/mol. The van der Waals surface area contributed by atoms with Gasteiger partial charge in [-0.05, 0) is 43.3 Å². The van der Waals surface area contributed by atoms with E-state index in [1.807, 2.05) is 0 Å². The van der Waals surface area contributed by atoms with E-state index in [-0.39, 0.29) is 12.3 Å². The smallest absolute Gasteiger partial charge is 0.416 e. The van der Waals surface area contributed by atoms with Crippen LogP contribution in [0.15, 0.2) is 42.5 Å². The van der Waals surface area contributed by atoms with Gasteiger partial charge in [0.15, 0.2) is 0 Å². The quantitative estimate of drug-likeness (QED) is 0.601. The summed E-state index contributed by atoms with van der Waals surface area (Å²) >= 11 is 0. The fourth-order valence-corrected chi connectivity index (χ4v) is 2.01. The van der Waals surface area contributed by atoms with Gasteiger partial charge in [-0.25, -0.2) is 0 Å². The second-order valence-electron chi connectivity index (χ2n) is 5.25. The number of ether oxygens (including phenoxy) is 1. The van der Waals surface area contributed by atoms with Crippen LogP contribution in [0.25, 0.3) is 0 Å². The molecule has 1 unspecified atom stereocenters. The fourth-order valence-electron chi connectivity index (χ4n) is 2.01. The van der Waals surface area contributed by atoms with E-state index in [4.69, 9.17) is 9.84 Å². The Morgan fingerprint density at radius 3 is 2.40 bits per heavy atom. The molecule has 2 N–H and O–H groups in total. The van der Waals surface area contributed by atoms with Gasteiger partial charge in [0, 0.05) is 11.8 Å². The molecule has 0 heterocycles. The minimum absolute atomic E-state index is 0.0598. The third-order valence-electron chi connectivity index (χ3n) is 3.25. The Morgan fingerprint density at radius 2 is 1.88 bits per heavy atom. The zero-order chi connectivity index (χ0) is 18.6. The number of benzene rings is 2.